The molecule has 4 heteroatoms. The van der Waals surface area contributed by atoms with Gasteiger partial charge in [0.05, 0.1) is 0 Å². The molecule has 1 nitrogen and oxygen atoms in total. The summed E-state index contributed by atoms with van der Waals surface area (Å²) in [5, 5.41) is 3.19. The highest BCUT2D eigenvalue weighted by Crippen LogP contribution is 2.39. The van der Waals surface area contributed by atoms with Crippen molar-refractivity contribution in [2.45, 2.75) is 38.6 Å². The molecule has 0 amide bonds. The summed E-state index contributed by atoms with van der Waals surface area (Å²) < 4.78 is 40.5. The van der Waals surface area contributed by atoms with Gasteiger partial charge in [0.2, 0.25) is 0 Å². The summed E-state index contributed by atoms with van der Waals surface area (Å²) in [5.41, 5.74) is -0.00505. The molecule has 1 saturated carbocycles. The minimum atomic E-state index is -0.864. The van der Waals surface area contributed by atoms with E-state index in [-0.39, 0.29) is 17.5 Å². The molecule has 1 unspecified atom stereocenters. The van der Waals surface area contributed by atoms with Gasteiger partial charge < -0.3 is 5.32 Å². The average molecular weight is 257 g/mol. The van der Waals surface area contributed by atoms with Crippen molar-refractivity contribution >= 4 is 0 Å². The molecule has 1 aliphatic carbocycles. The van der Waals surface area contributed by atoms with E-state index in [1.165, 1.54) is 0 Å². The fourth-order valence-electron chi connectivity index (χ4n) is 2.43. The summed E-state index contributed by atoms with van der Waals surface area (Å²) in [6.45, 7) is 2.71. The number of hydrogen-bond acceptors (Lipinski definition) is 1. The minimum Gasteiger partial charge on any atom is -0.310 e. The van der Waals surface area contributed by atoms with Crippen LogP contribution >= 0.6 is 0 Å². The van der Waals surface area contributed by atoms with Crippen molar-refractivity contribution < 1.29 is 13.2 Å². The average Bonchev–Trinajstić information content (AvgIpc) is 2.21. The van der Waals surface area contributed by atoms with E-state index in [0.717, 1.165) is 37.8 Å². The lowest BCUT2D eigenvalue weighted by Gasteiger charge is -2.35. The van der Waals surface area contributed by atoms with Gasteiger partial charge >= 0.3 is 0 Å². The molecule has 1 aromatic carbocycles. The van der Waals surface area contributed by atoms with E-state index in [1.807, 2.05) is 6.92 Å². The van der Waals surface area contributed by atoms with E-state index < -0.39 is 17.5 Å². The van der Waals surface area contributed by atoms with Crippen LogP contribution < -0.4 is 5.32 Å². The normalized spacial score (nSPS) is 17.6. The summed E-state index contributed by atoms with van der Waals surface area (Å²) in [5.74, 6) is -2.18. The third-order valence-corrected chi connectivity index (χ3v) is 3.59. The highest BCUT2D eigenvalue weighted by Gasteiger charge is 2.32. The van der Waals surface area contributed by atoms with Crippen LogP contribution in [0.1, 0.15) is 44.2 Å². The fraction of sp³-hybridized carbons (Fsp3) is 0.571. The quantitative estimate of drug-likeness (QED) is 0.842. The van der Waals surface area contributed by atoms with Crippen LogP contribution in [-0.2, 0) is 0 Å². The molecule has 1 fully saturated rings. The molecule has 1 aliphatic rings. The van der Waals surface area contributed by atoms with Crippen molar-refractivity contribution in [2.75, 3.05) is 6.54 Å². The molecule has 1 atom stereocenters. The predicted octanol–water partition coefficient (Wildman–Crippen LogP) is 3.94. The van der Waals surface area contributed by atoms with Gasteiger partial charge in [0.15, 0.2) is 0 Å². The molecular formula is C14H18F3N. The molecule has 0 radical (unpaired) electrons. The van der Waals surface area contributed by atoms with E-state index in [9.17, 15) is 13.2 Å². The Morgan fingerprint density at radius 1 is 1.22 bits per heavy atom. The molecule has 1 aromatic rings. The van der Waals surface area contributed by atoms with Gasteiger partial charge in [-0.3, -0.25) is 0 Å². The van der Waals surface area contributed by atoms with Crippen molar-refractivity contribution in [1.82, 2.24) is 5.32 Å². The molecule has 0 spiro atoms. The van der Waals surface area contributed by atoms with Gasteiger partial charge in [-0.15, -0.1) is 0 Å². The highest BCUT2D eigenvalue weighted by molar-refractivity contribution is 5.25. The Morgan fingerprint density at radius 3 is 2.28 bits per heavy atom. The lowest BCUT2D eigenvalue weighted by Crippen LogP contribution is -2.34. The molecule has 0 bridgehead atoms. The largest absolute Gasteiger partial charge is 0.310 e. The van der Waals surface area contributed by atoms with Crippen LogP contribution in [0.4, 0.5) is 13.2 Å². The Hall–Kier alpha value is -1.03. The van der Waals surface area contributed by atoms with Gasteiger partial charge in [0, 0.05) is 23.7 Å². The molecular weight excluding hydrogens is 239 g/mol. The number of halogens is 3. The molecule has 0 aliphatic heterocycles. The molecule has 1 N–H and O–H groups in total. The van der Waals surface area contributed by atoms with Crippen LogP contribution in [0, 0.1) is 23.4 Å². The molecule has 0 saturated heterocycles. The Balaban J connectivity index is 2.28. The summed E-state index contributed by atoms with van der Waals surface area (Å²) in [6, 6.07) is 1.19. The Morgan fingerprint density at radius 2 is 1.83 bits per heavy atom. The van der Waals surface area contributed by atoms with Gasteiger partial charge in [-0.05, 0) is 31.7 Å². The van der Waals surface area contributed by atoms with Gasteiger partial charge in [-0.2, -0.15) is 0 Å². The minimum absolute atomic E-state index is 0.00505. The number of benzene rings is 1. The van der Waals surface area contributed by atoms with Crippen LogP contribution in [0.15, 0.2) is 12.1 Å². The van der Waals surface area contributed by atoms with Crippen molar-refractivity contribution in [1.29, 1.82) is 0 Å². The third kappa shape index (κ3) is 2.69. The smallest absolute Gasteiger partial charge is 0.133 e. The maximum absolute atomic E-state index is 13.8. The molecule has 0 aromatic heterocycles. The third-order valence-electron chi connectivity index (χ3n) is 3.59. The second-order valence-electron chi connectivity index (χ2n) is 4.91. The summed E-state index contributed by atoms with van der Waals surface area (Å²) >= 11 is 0. The zero-order valence-electron chi connectivity index (χ0n) is 10.5. The van der Waals surface area contributed by atoms with Gasteiger partial charge in [0.1, 0.15) is 17.5 Å². The lowest BCUT2D eigenvalue weighted by molar-refractivity contribution is 0.222. The first kappa shape index (κ1) is 13.4. The molecule has 2 rings (SSSR count). The maximum Gasteiger partial charge on any atom is 0.133 e. The first-order valence-corrected chi connectivity index (χ1v) is 6.51. The summed E-state index contributed by atoms with van der Waals surface area (Å²) in [4.78, 5) is 0. The second kappa shape index (κ2) is 5.74. The van der Waals surface area contributed by atoms with Gasteiger partial charge in [0.25, 0.3) is 0 Å². The summed E-state index contributed by atoms with van der Waals surface area (Å²) in [6.07, 6.45) is 3.93. The van der Waals surface area contributed by atoms with Crippen molar-refractivity contribution in [3.63, 3.8) is 0 Å². The van der Waals surface area contributed by atoms with E-state index >= 15 is 0 Å². The fourth-order valence-corrected chi connectivity index (χ4v) is 2.43. The van der Waals surface area contributed by atoms with Crippen LogP contribution in [0.2, 0.25) is 0 Å². The van der Waals surface area contributed by atoms with E-state index in [2.05, 4.69) is 5.32 Å². The lowest BCUT2D eigenvalue weighted by atomic mass is 9.77. The zero-order chi connectivity index (χ0) is 13.1. The maximum atomic E-state index is 13.8. The van der Waals surface area contributed by atoms with Gasteiger partial charge in [-0.25, -0.2) is 13.2 Å². The second-order valence-corrected chi connectivity index (χ2v) is 4.91. The first-order chi connectivity index (χ1) is 8.63. The van der Waals surface area contributed by atoms with Crippen LogP contribution in [0.5, 0.6) is 0 Å². The molecule has 0 heterocycles. The number of rotatable bonds is 5. The van der Waals surface area contributed by atoms with Crippen LogP contribution in [0.3, 0.4) is 0 Å². The SMILES string of the molecule is CCCNC(c1c(F)cc(F)cc1F)C1CCC1. The van der Waals surface area contributed by atoms with Gasteiger partial charge in [-0.1, -0.05) is 13.3 Å². The molecule has 18 heavy (non-hydrogen) atoms. The highest BCUT2D eigenvalue weighted by atomic mass is 19.1. The van der Waals surface area contributed by atoms with E-state index in [4.69, 9.17) is 0 Å². The van der Waals surface area contributed by atoms with Crippen LogP contribution in [-0.4, -0.2) is 6.54 Å². The number of hydrogen-bond donors (Lipinski definition) is 1. The monoisotopic (exact) mass is 257 g/mol. The van der Waals surface area contributed by atoms with E-state index in [1.54, 1.807) is 0 Å². The predicted molar refractivity (Wildman–Crippen MR) is 64.7 cm³/mol. The zero-order valence-corrected chi connectivity index (χ0v) is 10.5. The van der Waals surface area contributed by atoms with Crippen molar-refractivity contribution in [3.05, 3.63) is 35.1 Å². The van der Waals surface area contributed by atoms with E-state index in [0.29, 0.717) is 6.54 Å². The molecule has 100 valence electrons. The standard InChI is InChI=1S/C14H18F3N/c1-2-6-18-14(9-4-3-5-9)13-11(16)7-10(15)8-12(13)17/h7-9,14,18H,2-6H2,1H3. The van der Waals surface area contributed by atoms with Crippen molar-refractivity contribution in [2.24, 2.45) is 5.92 Å². The summed E-state index contributed by atoms with van der Waals surface area (Å²) in [7, 11) is 0. The number of nitrogens with one attached hydrogen (secondary N) is 1. The Bertz CT molecular complexity index is 392. The Labute approximate surface area is 105 Å². The van der Waals surface area contributed by atoms with Crippen LogP contribution in [0.25, 0.3) is 0 Å². The first-order valence-electron chi connectivity index (χ1n) is 6.51. The van der Waals surface area contributed by atoms with Crippen molar-refractivity contribution in [3.8, 4) is 0 Å². The Kier molecular flexibility index (Phi) is 4.27. The topological polar surface area (TPSA) is 12.0 Å².